The summed E-state index contributed by atoms with van der Waals surface area (Å²) in [7, 11) is 2.16. The molecule has 0 aromatic carbocycles. The lowest BCUT2D eigenvalue weighted by Crippen LogP contribution is -2.47. The van der Waals surface area contributed by atoms with Crippen LogP contribution in [0.1, 0.15) is 54.4 Å². The van der Waals surface area contributed by atoms with Gasteiger partial charge in [0.1, 0.15) is 5.72 Å². The molecule has 0 saturated carbocycles. The van der Waals surface area contributed by atoms with E-state index < -0.39 is 5.72 Å². The number of hydrogen-bond donors (Lipinski definition) is 1. The first kappa shape index (κ1) is 15.9. The third-order valence-electron chi connectivity index (χ3n) is 3.58. The summed E-state index contributed by atoms with van der Waals surface area (Å²) >= 11 is 0. The van der Waals surface area contributed by atoms with Gasteiger partial charge in [-0.2, -0.15) is 0 Å². The summed E-state index contributed by atoms with van der Waals surface area (Å²) in [6, 6.07) is 0.547. The zero-order chi connectivity index (χ0) is 13.0. The van der Waals surface area contributed by atoms with Crippen LogP contribution in [0.4, 0.5) is 0 Å². The molecule has 0 bridgehead atoms. The Labute approximate surface area is 101 Å². The molecular formula is C13H30N2O. The van der Waals surface area contributed by atoms with Crippen molar-refractivity contribution < 1.29 is 4.74 Å². The second kappa shape index (κ2) is 5.99. The van der Waals surface area contributed by atoms with Crippen molar-refractivity contribution in [3.8, 4) is 0 Å². The van der Waals surface area contributed by atoms with Gasteiger partial charge in [0, 0.05) is 11.6 Å². The molecule has 2 N–H and O–H groups in total. The molecule has 1 atom stereocenters. The molecule has 0 aliphatic rings. The van der Waals surface area contributed by atoms with Gasteiger partial charge in [-0.25, -0.2) is 0 Å². The van der Waals surface area contributed by atoms with E-state index in [0.717, 1.165) is 12.8 Å². The van der Waals surface area contributed by atoms with Gasteiger partial charge in [0.25, 0.3) is 0 Å². The van der Waals surface area contributed by atoms with Crippen LogP contribution < -0.4 is 5.73 Å². The number of ether oxygens (including phenoxy) is 1. The van der Waals surface area contributed by atoms with E-state index in [1.54, 1.807) is 0 Å². The lowest BCUT2D eigenvalue weighted by atomic mass is 9.97. The Kier molecular flexibility index (Phi) is 5.94. The Morgan fingerprint density at radius 3 is 2.12 bits per heavy atom. The molecule has 0 aromatic rings. The van der Waals surface area contributed by atoms with Gasteiger partial charge in [0.15, 0.2) is 0 Å². The van der Waals surface area contributed by atoms with Crippen molar-refractivity contribution in [2.45, 2.75) is 71.7 Å². The highest BCUT2D eigenvalue weighted by molar-refractivity contribution is 4.81. The first-order valence-electron chi connectivity index (χ1n) is 6.28. The maximum atomic E-state index is 5.95. The Balaban J connectivity index is 4.10. The van der Waals surface area contributed by atoms with Gasteiger partial charge in [-0.3, -0.25) is 4.90 Å². The van der Waals surface area contributed by atoms with Gasteiger partial charge in [-0.15, -0.1) is 0 Å². The Bertz CT molecular complexity index is 200. The molecule has 0 aliphatic carbocycles. The molecule has 0 spiro atoms. The SMILES string of the molecule is CCC(C)(N)OCCC(C)(C)N(C)C(C)C. The molecule has 0 saturated heterocycles. The first-order chi connectivity index (χ1) is 7.12. The molecule has 3 heteroatoms. The normalized spacial score (nSPS) is 16.9. The second-order valence-corrected chi connectivity index (χ2v) is 5.78. The predicted octanol–water partition coefficient (Wildman–Crippen LogP) is 2.60. The van der Waals surface area contributed by atoms with Crippen molar-refractivity contribution in [2.75, 3.05) is 13.7 Å². The minimum atomic E-state index is -0.480. The van der Waals surface area contributed by atoms with E-state index >= 15 is 0 Å². The molecular weight excluding hydrogens is 200 g/mol. The zero-order valence-electron chi connectivity index (χ0n) is 12.1. The topological polar surface area (TPSA) is 38.5 Å². The number of rotatable bonds is 7. The monoisotopic (exact) mass is 230 g/mol. The summed E-state index contributed by atoms with van der Waals surface area (Å²) in [4.78, 5) is 2.37. The van der Waals surface area contributed by atoms with Gasteiger partial charge < -0.3 is 10.5 Å². The maximum Gasteiger partial charge on any atom is 0.113 e. The molecule has 0 amide bonds. The van der Waals surface area contributed by atoms with Crippen molar-refractivity contribution in [3.05, 3.63) is 0 Å². The van der Waals surface area contributed by atoms with Crippen LogP contribution in [-0.4, -0.2) is 35.9 Å². The van der Waals surface area contributed by atoms with E-state index in [4.69, 9.17) is 10.5 Å². The van der Waals surface area contributed by atoms with E-state index in [1.807, 2.05) is 13.8 Å². The summed E-state index contributed by atoms with van der Waals surface area (Å²) < 4.78 is 5.70. The summed E-state index contributed by atoms with van der Waals surface area (Å²) in [5.41, 5.74) is 5.62. The minimum absolute atomic E-state index is 0.151. The van der Waals surface area contributed by atoms with Crippen molar-refractivity contribution in [1.82, 2.24) is 4.90 Å². The molecule has 0 radical (unpaired) electrons. The standard InChI is InChI=1S/C13H30N2O/c1-8-13(6,14)16-10-9-12(4,5)15(7)11(2)3/h11H,8-10,14H2,1-7H3. The zero-order valence-corrected chi connectivity index (χ0v) is 12.1. The van der Waals surface area contributed by atoms with E-state index in [1.165, 1.54) is 0 Å². The van der Waals surface area contributed by atoms with Crippen LogP contribution in [0.3, 0.4) is 0 Å². The fourth-order valence-electron chi connectivity index (χ4n) is 1.51. The average Bonchev–Trinajstić information content (AvgIpc) is 2.15. The van der Waals surface area contributed by atoms with Gasteiger partial charge in [0.2, 0.25) is 0 Å². The molecule has 1 unspecified atom stereocenters. The minimum Gasteiger partial charge on any atom is -0.361 e. The van der Waals surface area contributed by atoms with E-state index in [2.05, 4.69) is 39.6 Å². The average molecular weight is 230 g/mol. The molecule has 98 valence electrons. The maximum absolute atomic E-state index is 5.95. The highest BCUT2D eigenvalue weighted by Gasteiger charge is 2.26. The van der Waals surface area contributed by atoms with Crippen molar-refractivity contribution in [1.29, 1.82) is 0 Å². The van der Waals surface area contributed by atoms with E-state index in [0.29, 0.717) is 12.6 Å². The highest BCUT2D eigenvalue weighted by atomic mass is 16.5. The lowest BCUT2D eigenvalue weighted by molar-refractivity contribution is -0.0464. The van der Waals surface area contributed by atoms with Gasteiger partial charge in [-0.1, -0.05) is 6.92 Å². The molecule has 0 fully saturated rings. The summed E-state index contributed by atoms with van der Waals surface area (Å²) in [5, 5.41) is 0. The van der Waals surface area contributed by atoms with E-state index in [-0.39, 0.29) is 5.54 Å². The van der Waals surface area contributed by atoms with Gasteiger partial charge >= 0.3 is 0 Å². The Morgan fingerprint density at radius 1 is 1.25 bits per heavy atom. The van der Waals surface area contributed by atoms with Crippen LogP contribution in [0.25, 0.3) is 0 Å². The van der Waals surface area contributed by atoms with Crippen LogP contribution in [0.2, 0.25) is 0 Å². The molecule has 3 nitrogen and oxygen atoms in total. The van der Waals surface area contributed by atoms with Crippen molar-refractivity contribution >= 4 is 0 Å². The molecule has 0 aromatic heterocycles. The number of nitrogens with two attached hydrogens (primary N) is 1. The van der Waals surface area contributed by atoms with Crippen LogP contribution in [0, 0.1) is 0 Å². The predicted molar refractivity (Wildman–Crippen MR) is 70.4 cm³/mol. The largest absolute Gasteiger partial charge is 0.361 e. The summed E-state index contributed by atoms with van der Waals surface area (Å²) in [5.74, 6) is 0. The quantitative estimate of drug-likeness (QED) is 0.683. The fourth-order valence-corrected chi connectivity index (χ4v) is 1.51. The summed E-state index contributed by atoms with van der Waals surface area (Å²) in [6.45, 7) is 13.6. The van der Waals surface area contributed by atoms with Gasteiger partial charge in [-0.05, 0) is 54.5 Å². The number of nitrogens with zero attached hydrogens (tertiary/aromatic N) is 1. The first-order valence-corrected chi connectivity index (χ1v) is 6.28. The van der Waals surface area contributed by atoms with E-state index in [9.17, 15) is 0 Å². The van der Waals surface area contributed by atoms with Crippen LogP contribution in [0.15, 0.2) is 0 Å². The highest BCUT2D eigenvalue weighted by Crippen LogP contribution is 2.20. The Morgan fingerprint density at radius 2 is 1.75 bits per heavy atom. The molecule has 16 heavy (non-hydrogen) atoms. The van der Waals surface area contributed by atoms with Gasteiger partial charge in [0.05, 0.1) is 6.61 Å². The van der Waals surface area contributed by atoms with Crippen LogP contribution in [-0.2, 0) is 4.74 Å². The van der Waals surface area contributed by atoms with Crippen LogP contribution >= 0.6 is 0 Å². The van der Waals surface area contributed by atoms with Crippen molar-refractivity contribution in [2.24, 2.45) is 5.73 Å². The molecule has 0 heterocycles. The number of hydrogen-bond acceptors (Lipinski definition) is 3. The molecule has 0 aliphatic heterocycles. The smallest absolute Gasteiger partial charge is 0.113 e. The van der Waals surface area contributed by atoms with Crippen molar-refractivity contribution in [3.63, 3.8) is 0 Å². The second-order valence-electron chi connectivity index (χ2n) is 5.78. The lowest BCUT2D eigenvalue weighted by Gasteiger charge is -2.39. The fraction of sp³-hybridized carbons (Fsp3) is 1.00. The summed E-state index contributed by atoms with van der Waals surface area (Å²) in [6.07, 6.45) is 1.84. The third kappa shape index (κ3) is 5.28. The Hall–Kier alpha value is -0.120. The molecule has 0 rings (SSSR count). The van der Waals surface area contributed by atoms with Crippen LogP contribution in [0.5, 0.6) is 0 Å². The third-order valence-corrected chi connectivity index (χ3v) is 3.58.